The Balaban J connectivity index is 1.52. The largest absolute Gasteiger partial charge is 0.322 e. The fraction of sp³-hybridized carbons (Fsp3) is 0.160. The summed E-state index contributed by atoms with van der Waals surface area (Å²) < 4.78 is 1.73. The summed E-state index contributed by atoms with van der Waals surface area (Å²) in [4.78, 5) is 19.3. The number of urea groups is 1. The number of carbonyl (C=O) groups is 1. The van der Waals surface area contributed by atoms with Gasteiger partial charge in [-0.05, 0) is 66.2 Å². The van der Waals surface area contributed by atoms with Crippen LogP contribution in [-0.4, -0.2) is 36.0 Å². The highest BCUT2D eigenvalue weighted by atomic mass is 16.2. The number of anilines is 1. The van der Waals surface area contributed by atoms with Gasteiger partial charge in [-0.15, -0.1) is 5.10 Å². The van der Waals surface area contributed by atoms with E-state index in [9.17, 15) is 4.79 Å². The maximum Gasteiger partial charge on any atom is 0.322 e. The number of nitrogens with one attached hydrogen (secondary N) is 1. The molecule has 5 aromatic rings. The average Bonchev–Trinajstić information content (AvgIpc) is 3.31. The van der Waals surface area contributed by atoms with E-state index in [0.717, 1.165) is 38.8 Å². The van der Waals surface area contributed by atoms with Gasteiger partial charge in [-0.3, -0.25) is 4.98 Å². The minimum Gasteiger partial charge on any atom is -0.316 e. The standard InChI is InChI=1S/C25H23N7O/c1-17-5-8-22(9-6-17)27-25(33)31(15-19-4-3-11-26-14-19)16-21-13-20-12-18(2)7-10-23(20)32-24(21)28-29-30-32/h3-14H,15-16H2,1-2H3,(H,27,33). The number of hydrogen-bond donors (Lipinski definition) is 1. The Morgan fingerprint density at radius 2 is 1.82 bits per heavy atom. The Kier molecular flexibility index (Phi) is 5.40. The van der Waals surface area contributed by atoms with Crippen molar-refractivity contribution >= 4 is 28.3 Å². The van der Waals surface area contributed by atoms with Crippen molar-refractivity contribution in [3.05, 3.63) is 95.3 Å². The predicted octanol–water partition coefficient (Wildman–Crippen LogP) is 4.52. The third-order valence-electron chi connectivity index (χ3n) is 5.55. The first-order chi connectivity index (χ1) is 16.1. The van der Waals surface area contributed by atoms with E-state index in [1.807, 2.05) is 62.4 Å². The summed E-state index contributed by atoms with van der Waals surface area (Å²) in [6.07, 6.45) is 3.49. The van der Waals surface area contributed by atoms with Crippen LogP contribution in [-0.2, 0) is 13.1 Å². The highest BCUT2D eigenvalue weighted by Gasteiger charge is 2.19. The van der Waals surface area contributed by atoms with Gasteiger partial charge in [0, 0.05) is 35.6 Å². The van der Waals surface area contributed by atoms with E-state index in [1.54, 1.807) is 21.8 Å². The zero-order chi connectivity index (χ0) is 22.8. The van der Waals surface area contributed by atoms with Crippen LogP contribution < -0.4 is 5.32 Å². The molecule has 0 aliphatic rings. The van der Waals surface area contributed by atoms with E-state index in [1.165, 1.54) is 0 Å². The van der Waals surface area contributed by atoms with Crippen LogP contribution in [0.1, 0.15) is 22.3 Å². The maximum atomic E-state index is 13.3. The first kappa shape index (κ1) is 20.6. The smallest absolute Gasteiger partial charge is 0.316 e. The molecule has 2 aromatic carbocycles. The van der Waals surface area contributed by atoms with Gasteiger partial charge in [0.05, 0.1) is 12.1 Å². The van der Waals surface area contributed by atoms with Crippen LogP contribution >= 0.6 is 0 Å². The number of pyridine rings is 2. The molecule has 0 aliphatic heterocycles. The second-order valence-electron chi connectivity index (χ2n) is 8.16. The first-order valence-electron chi connectivity index (χ1n) is 10.7. The van der Waals surface area contributed by atoms with Crippen molar-refractivity contribution in [2.75, 3.05) is 5.32 Å². The third-order valence-corrected chi connectivity index (χ3v) is 5.55. The maximum absolute atomic E-state index is 13.3. The highest BCUT2D eigenvalue weighted by molar-refractivity contribution is 5.90. The molecule has 0 atom stereocenters. The Morgan fingerprint density at radius 3 is 2.61 bits per heavy atom. The van der Waals surface area contributed by atoms with Crippen molar-refractivity contribution in [3.8, 4) is 0 Å². The van der Waals surface area contributed by atoms with E-state index in [2.05, 4.69) is 38.0 Å². The summed E-state index contributed by atoms with van der Waals surface area (Å²) in [7, 11) is 0. The Bertz CT molecular complexity index is 1430. The van der Waals surface area contributed by atoms with Gasteiger partial charge >= 0.3 is 6.03 Å². The van der Waals surface area contributed by atoms with Crippen molar-refractivity contribution < 1.29 is 4.79 Å². The Morgan fingerprint density at radius 1 is 1.00 bits per heavy atom. The Labute approximate surface area is 190 Å². The molecule has 0 saturated heterocycles. The molecular weight excluding hydrogens is 414 g/mol. The van der Waals surface area contributed by atoms with Gasteiger partial charge in [-0.25, -0.2) is 4.79 Å². The number of benzene rings is 2. The number of amides is 2. The molecule has 33 heavy (non-hydrogen) atoms. The first-order valence-corrected chi connectivity index (χ1v) is 10.7. The van der Waals surface area contributed by atoms with E-state index < -0.39 is 0 Å². The summed E-state index contributed by atoms with van der Waals surface area (Å²) in [5, 5.41) is 16.3. The minimum absolute atomic E-state index is 0.210. The second-order valence-corrected chi connectivity index (χ2v) is 8.16. The molecule has 0 fully saturated rings. The topological polar surface area (TPSA) is 88.3 Å². The molecule has 0 saturated carbocycles. The number of aromatic nitrogens is 5. The van der Waals surface area contributed by atoms with E-state index >= 15 is 0 Å². The van der Waals surface area contributed by atoms with Crippen molar-refractivity contribution in [2.45, 2.75) is 26.9 Å². The average molecular weight is 438 g/mol. The molecule has 2 amide bonds. The van der Waals surface area contributed by atoms with Gasteiger partial charge in [0.1, 0.15) is 0 Å². The van der Waals surface area contributed by atoms with Crippen molar-refractivity contribution in [3.63, 3.8) is 0 Å². The van der Waals surface area contributed by atoms with Crippen molar-refractivity contribution in [1.82, 2.24) is 29.9 Å². The van der Waals surface area contributed by atoms with Gasteiger partial charge in [0.25, 0.3) is 0 Å². The number of hydrogen-bond acceptors (Lipinski definition) is 5. The summed E-state index contributed by atoms with van der Waals surface area (Å²) in [5.74, 6) is 0. The molecule has 0 radical (unpaired) electrons. The van der Waals surface area contributed by atoms with Gasteiger partial charge in [-0.2, -0.15) is 4.52 Å². The summed E-state index contributed by atoms with van der Waals surface area (Å²) in [6.45, 7) is 4.79. The molecule has 164 valence electrons. The molecule has 3 aromatic heterocycles. The van der Waals surface area contributed by atoms with Crippen molar-refractivity contribution in [1.29, 1.82) is 0 Å². The van der Waals surface area contributed by atoms with Gasteiger partial charge < -0.3 is 10.2 Å². The molecule has 8 heteroatoms. The van der Waals surface area contributed by atoms with Crippen LogP contribution in [0.2, 0.25) is 0 Å². The summed E-state index contributed by atoms with van der Waals surface area (Å²) in [5.41, 5.74) is 6.37. The Hall–Kier alpha value is -4.33. The van der Waals surface area contributed by atoms with E-state index in [0.29, 0.717) is 18.7 Å². The van der Waals surface area contributed by atoms with Gasteiger partial charge in [-0.1, -0.05) is 35.4 Å². The minimum atomic E-state index is -0.210. The molecule has 8 nitrogen and oxygen atoms in total. The lowest BCUT2D eigenvalue weighted by Crippen LogP contribution is -2.34. The lowest BCUT2D eigenvalue weighted by atomic mass is 10.1. The number of nitrogens with zero attached hydrogens (tertiary/aromatic N) is 6. The molecule has 5 rings (SSSR count). The van der Waals surface area contributed by atoms with Crippen molar-refractivity contribution in [2.24, 2.45) is 0 Å². The van der Waals surface area contributed by atoms with E-state index in [-0.39, 0.29) is 6.03 Å². The van der Waals surface area contributed by atoms with Crippen LogP contribution in [0.15, 0.2) is 73.1 Å². The fourth-order valence-corrected chi connectivity index (χ4v) is 3.86. The second kappa shape index (κ2) is 8.66. The van der Waals surface area contributed by atoms with Crippen LogP contribution in [0.25, 0.3) is 16.6 Å². The number of fused-ring (bicyclic) bond motifs is 3. The lowest BCUT2D eigenvalue weighted by molar-refractivity contribution is 0.206. The highest BCUT2D eigenvalue weighted by Crippen LogP contribution is 2.23. The third kappa shape index (κ3) is 4.36. The molecule has 1 N–H and O–H groups in total. The molecule has 0 aliphatic carbocycles. The van der Waals surface area contributed by atoms with Crippen LogP contribution in [0.5, 0.6) is 0 Å². The van der Waals surface area contributed by atoms with Gasteiger partial charge in [0.15, 0.2) is 5.65 Å². The molecule has 0 unspecified atom stereocenters. The molecule has 0 spiro atoms. The quantitative estimate of drug-likeness (QED) is 0.437. The number of aryl methyl sites for hydroxylation is 2. The number of rotatable bonds is 5. The number of carbonyl (C=O) groups excluding carboxylic acids is 1. The molecule has 3 heterocycles. The van der Waals surface area contributed by atoms with Crippen LogP contribution in [0.4, 0.5) is 10.5 Å². The fourth-order valence-electron chi connectivity index (χ4n) is 3.86. The zero-order valence-electron chi connectivity index (χ0n) is 18.4. The van der Waals surface area contributed by atoms with Gasteiger partial charge in [0.2, 0.25) is 0 Å². The molecule has 0 bridgehead atoms. The molecular formula is C25H23N7O. The van der Waals surface area contributed by atoms with E-state index in [4.69, 9.17) is 0 Å². The zero-order valence-corrected chi connectivity index (χ0v) is 18.4. The SMILES string of the molecule is Cc1ccc(NC(=O)N(Cc2cccnc2)Cc2cc3cc(C)ccc3n3nnnc23)cc1. The summed E-state index contributed by atoms with van der Waals surface area (Å²) >= 11 is 0. The predicted molar refractivity (Wildman–Crippen MR) is 127 cm³/mol. The summed E-state index contributed by atoms with van der Waals surface area (Å²) in [6, 6.07) is 19.5. The monoisotopic (exact) mass is 437 g/mol. The lowest BCUT2D eigenvalue weighted by Gasteiger charge is -2.24. The number of tetrazole rings is 1. The normalized spacial score (nSPS) is 11.1. The van der Waals surface area contributed by atoms with Crippen LogP contribution in [0.3, 0.4) is 0 Å². The van der Waals surface area contributed by atoms with Crippen LogP contribution in [0, 0.1) is 13.8 Å².